The molecule has 0 aliphatic carbocycles. The summed E-state index contributed by atoms with van der Waals surface area (Å²) in [6.45, 7) is 3.88. The molecule has 0 atom stereocenters. The van der Waals surface area contributed by atoms with E-state index < -0.39 is 0 Å². The van der Waals surface area contributed by atoms with Crippen LogP contribution in [0.5, 0.6) is 0 Å². The summed E-state index contributed by atoms with van der Waals surface area (Å²) in [5.74, 6) is 0.576. The highest BCUT2D eigenvalue weighted by molar-refractivity contribution is 5.91. The predicted octanol–water partition coefficient (Wildman–Crippen LogP) is 0.859. The maximum Gasteiger partial charge on any atom is 0.225 e. The summed E-state index contributed by atoms with van der Waals surface area (Å²) in [6, 6.07) is 1.92. The number of anilines is 2. The Morgan fingerprint density at radius 1 is 1.69 bits per heavy atom. The monoisotopic (exact) mass is 221 g/mol. The van der Waals surface area contributed by atoms with Crippen molar-refractivity contribution in [2.45, 2.75) is 20.3 Å². The fraction of sp³-hybridized carbons (Fsp3) is 0.500. The first-order chi connectivity index (χ1) is 7.45. The number of nitriles is 1. The van der Waals surface area contributed by atoms with E-state index in [1.165, 1.54) is 4.68 Å². The lowest BCUT2D eigenvalue weighted by Gasteiger charge is -2.04. The molecule has 6 heteroatoms. The van der Waals surface area contributed by atoms with E-state index in [9.17, 15) is 4.79 Å². The lowest BCUT2D eigenvalue weighted by molar-refractivity contribution is -0.116. The Morgan fingerprint density at radius 2 is 2.31 bits per heavy atom. The van der Waals surface area contributed by atoms with Crippen molar-refractivity contribution in [3.05, 3.63) is 5.56 Å². The quantitative estimate of drug-likeness (QED) is 0.791. The average molecular weight is 221 g/mol. The van der Waals surface area contributed by atoms with Gasteiger partial charge in [0.05, 0.1) is 0 Å². The number of aryl methyl sites for hydroxylation is 1. The molecule has 0 spiro atoms. The Kier molecular flexibility index (Phi) is 3.51. The fourth-order valence-electron chi connectivity index (χ4n) is 1.29. The summed E-state index contributed by atoms with van der Waals surface area (Å²) in [4.78, 5) is 11.5. The zero-order valence-electron chi connectivity index (χ0n) is 9.61. The minimum Gasteiger partial charge on any atom is -0.383 e. The highest BCUT2D eigenvalue weighted by atomic mass is 16.1. The molecule has 86 valence electrons. The van der Waals surface area contributed by atoms with Crippen molar-refractivity contribution in [2.24, 2.45) is 13.0 Å². The molecule has 0 bridgehead atoms. The van der Waals surface area contributed by atoms with E-state index in [2.05, 4.69) is 10.4 Å². The highest BCUT2D eigenvalue weighted by Crippen LogP contribution is 2.19. The Labute approximate surface area is 94.0 Å². The molecule has 16 heavy (non-hydrogen) atoms. The lowest BCUT2D eigenvalue weighted by Crippen LogP contribution is -2.15. The van der Waals surface area contributed by atoms with Gasteiger partial charge < -0.3 is 11.1 Å². The second-order valence-corrected chi connectivity index (χ2v) is 3.99. The van der Waals surface area contributed by atoms with Gasteiger partial charge in [0.25, 0.3) is 0 Å². The van der Waals surface area contributed by atoms with E-state index >= 15 is 0 Å². The first-order valence-corrected chi connectivity index (χ1v) is 4.98. The Balaban J connectivity index is 2.86. The zero-order valence-corrected chi connectivity index (χ0v) is 9.61. The van der Waals surface area contributed by atoms with Gasteiger partial charge in [-0.3, -0.25) is 4.79 Å². The first kappa shape index (κ1) is 12.0. The van der Waals surface area contributed by atoms with E-state index in [0.717, 1.165) is 0 Å². The molecule has 0 saturated heterocycles. The molecule has 0 unspecified atom stereocenters. The van der Waals surface area contributed by atoms with Crippen molar-refractivity contribution in [1.82, 2.24) is 9.78 Å². The van der Waals surface area contributed by atoms with Crippen LogP contribution >= 0.6 is 0 Å². The number of carbonyl (C=O) groups is 1. The Morgan fingerprint density at radius 3 is 2.81 bits per heavy atom. The molecule has 3 N–H and O–H groups in total. The van der Waals surface area contributed by atoms with Crippen LogP contribution in [0.1, 0.15) is 25.8 Å². The maximum atomic E-state index is 11.5. The number of hydrogen-bond donors (Lipinski definition) is 2. The number of nitrogens with one attached hydrogen (secondary N) is 1. The summed E-state index contributed by atoms with van der Waals surface area (Å²) in [5, 5.41) is 15.4. The second-order valence-electron chi connectivity index (χ2n) is 3.99. The molecular weight excluding hydrogens is 206 g/mol. The summed E-state index contributed by atoms with van der Waals surface area (Å²) in [5.41, 5.74) is 5.83. The van der Waals surface area contributed by atoms with Gasteiger partial charge in [-0.1, -0.05) is 13.8 Å². The van der Waals surface area contributed by atoms with Gasteiger partial charge in [0.1, 0.15) is 17.5 Å². The number of rotatable bonds is 3. The largest absolute Gasteiger partial charge is 0.383 e. The molecule has 1 heterocycles. The van der Waals surface area contributed by atoms with Gasteiger partial charge in [0, 0.05) is 13.5 Å². The number of carbonyl (C=O) groups excluding carboxylic acids is 1. The van der Waals surface area contributed by atoms with Gasteiger partial charge in [-0.25, -0.2) is 4.68 Å². The first-order valence-electron chi connectivity index (χ1n) is 4.98. The van der Waals surface area contributed by atoms with Crippen LogP contribution in [0.25, 0.3) is 0 Å². The summed E-state index contributed by atoms with van der Waals surface area (Å²) >= 11 is 0. The SMILES string of the molecule is CC(C)CC(=O)Nc1nn(C)c(N)c1C#N. The van der Waals surface area contributed by atoms with Gasteiger partial charge in [0.2, 0.25) is 5.91 Å². The van der Waals surface area contributed by atoms with Crippen LogP contribution in [-0.2, 0) is 11.8 Å². The molecule has 1 aromatic heterocycles. The average Bonchev–Trinajstić information content (AvgIpc) is 2.40. The van der Waals surface area contributed by atoms with Crippen molar-refractivity contribution in [2.75, 3.05) is 11.1 Å². The zero-order chi connectivity index (χ0) is 12.3. The summed E-state index contributed by atoms with van der Waals surface area (Å²) in [7, 11) is 1.62. The van der Waals surface area contributed by atoms with Crippen LogP contribution in [-0.4, -0.2) is 15.7 Å². The summed E-state index contributed by atoms with van der Waals surface area (Å²) < 4.78 is 1.36. The van der Waals surface area contributed by atoms with Gasteiger partial charge in [0.15, 0.2) is 5.82 Å². The third-order valence-corrected chi connectivity index (χ3v) is 2.05. The normalized spacial score (nSPS) is 10.2. The minimum absolute atomic E-state index is 0.162. The molecule has 0 saturated carbocycles. The third kappa shape index (κ3) is 2.51. The van der Waals surface area contributed by atoms with Gasteiger partial charge in [-0.2, -0.15) is 10.4 Å². The number of aromatic nitrogens is 2. The molecule has 0 fully saturated rings. The number of nitrogen functional groups attached to an aromatic ring is 1. The predicted molar refractivity (Wildman–Crippen MR) is 60.4 cm³/mol. The number of nitrogens with two attached hydrogens (primary N) is 1. The van der Waals surface area contributed by atoms with Crippen molar-refractivity contribution < 1.29 is 4.79 Å². The number of nitrogens with zero attached hydrogens (tertiary/aromatic N) is 3. The van der Waals surface area contributed by atoms with Crippen molar-refractivity contribution in [1.29, 1.82) is 5.26 Å². The van der Waals surface area contributed by atoms with Gasteiger partial charge in [-0.05, 0) is 5.92 Å². The smallest absolute Gasteiger partial charge is 0.225 e. The van der Waals surface area contributed by atoms with E-state index in [4.69, 9.17) is 11.0 Å². The number of amides is 1. The van der Waals surface area contributed by atoms with Gasteiger partial charge >= 0.3 is 0 Å². The lowest BCUT2D eigenvalue weighted by atomic mass is 10.1. The number of hydrogen-bond acceptors (Lipinski definition) is 4. The van der Waals surface area contributed by atoms with Crippen molar-refractivity contribution >= 4 is 17.5 Å². The molecule has 0 radical (unpaired) electrons. The molecule has 6 nitrogen and oxygen atoms in total. The highest BCUT2D eigenvalue weighted by Gasteiger charge is 2.15. The van der Waals surface area contributed by atoms with Crippen LogP contribution in [0.4, 0.5) is 11.6 Å². The molecule has 0 aliphatic rings. The van der Waals surface area contributed by atoms with Crippen LogP contribution in [0.3, 0.4) is 0 Å². The van der Waals surface area contributed by atoms with E-state index in [0.29, 0.717) is 6.42 Å². The Bertz CT molecular complexity index is 441. The molecule has 1 aromatic rings. The molecular formula is C10H15N5O. The van der Waals surface area contributed by atoms with E-state index in [1.807, 2.05) is 19.9 Å². The van der Waals surface area contributed by atoms with Crippen molar-refractivity contribution in [3.63, 3.8) is 0 Å². The minimum atomic E-state index is -0.162. The second kappa shape index (κ2) is 4.66. The van der Waals surface area contributed by atoms with E-state index in [1.54, 1.807) is 7.05 Å². The van der Waals surface area contributed by atoms with Crippen molar-refractivity contribution in [3.8, 4) is 6.07 Å². The third-order valence-electron chi connectivity index (χ3n) is 2.05. The van der Waals surface area contributed by atoms with Crippen LogP contribution in [0.2, 0.25) is 0 Å². The van der Waals surface area contributed by atoms with Crippen LogP contribution in [0.15, 0.2) is 0 Å². The maximum absolute atomic E-state index is 11.5. The standard InChI is InChI=1S/C10H15N5O/c1-6(2)4-8(16)13-10-7(5-11)9(12)15(3)14-10/h6H,4,12H2,1-3H3,(H,13,14,16). The van der Waals surface area contributed by atoms with Gasteiger partial charge in [-0.15, -0.1) is 0 Å². The molecule has 1 rings (SSSR count). The molecule has 0 aliphatic heterocycles. The van der Waals surface area contributed by atoms with E-state index in [-0.39, 0.29) is 29.0 Å². The fourth-order valence-corrected chi connectivity index (χ4v) is 1.29. The van der Waals surface area contributed by atoms with Crippen LogP contribution < -0.4 is 11.1 Å². The van der Waals surface area contributed by atoms with Crippen LogP contribution in [0, 0.1) is 17.2 Å². The Hall–Kier alpha value is -2.03. The molecule has 0 aromatic carbocycles. The molecule has 1 amide bonds. The summed E-state index contributed by atoms with van der Waals surface area (Å²) in [6.07, 6.45) is 0.390. The topological polar surface area (TPSA) is 96.7 Å².